The number of amides is 1. The number of rotatable bonds is 3. The predicted octanol–water partition coefficient (Wildman–Crippen LogP) is 1.40. The number of hydrogen-bond donors (Lipinski definition) is 2. The number of aryl methyl sites for hydroxylation is 1. The molecule has 1 heterocycles. The van der Waals surface area contributed by atoms with Gasteiger partial charge in [0.05, 0.1) is 0 Å². The zero-order valence-electron chi connectivity index (χ0n) is 11.1. The molecule has 2 rings (SSSR count). The fourth-order valence-corrected chi connectivity index (χ4v) is 2.43. The minimum absolute atomic E-state index is 0.0277. The topological polar surface area (TPSA) is 58.4 Å². The van der Waals surface area contributed by atoms with E-state index in [1.165, 1.54) is 6.42 Å². The van der Waals surface area contributed by atoms with Crippen LogP contribution >= 0.6 is 0 Å². The van der Waals surface area contributed by atoms with Crippen molar-refractivity contribution < 1.29 is 4.79 Å². The van der Waals surface area contributed by atoms with Crippen LogP contribution in [-0.4, -0.2) is 37.0 Å². The molecule has 4 heteroatoms. The lowest BCUT2D eigenvalue weighted by Crippen LogP contribution is -2.38. The number of nitrogens with zero attached hydrogens (tertiary/aromatic N) is 1. The molecule has 1 amide bonds. The van der Waals surface area contributed by atoms with E-state index in [4.69, 9.17) is 5.73 Å². The quantitative estimate of drug-likeness (QED) is 0.794. The second kappa shape index (κ2) is 5.40. The number of anilines is 1. The summed E-state index contributed by atoms with van der Waals surface area (Å²) in [5, 5.41) is 3.00. The number of nitrogens with two attached hydrogens (primary N) is 1. The number of carbonyl (C=O) groups is 1. The molecule has 0 saturated carbocycles. The lowest BCUT2D eigenvalue weighted by Gasteiger charge is -2.20. The lowest BCUT2D eigenvalue weighted by molar-refractivity contribution is 0.0943. The van der Waals surface area contributed by atoms with Gasteiger partial charge in [-0.1, -0.05) is 6.07 Å². The molecule has 0 radical (unpaired) electrons. The maximum Gasteiger partial charge on any atom is 0.251 e. The van der Waals surface area contributed by atoms with Crippen molar-refractivity contribution in [2.24, 2.45) is 0 Å². The van der Waals surface area contributed by atoms with Gasteiger partial charge >= 0.3 is 0 Å². The summed E-state index contributed by atoms with van der Waals surface area (Å²) >= 11 is 0. The summed E-state index contributed by atoms with van der Waals surface area (Å²) in [5.41, 5.74) is 7.98. The highest BCUT2D eigenvalue weighted by Crippen LogP contribution is 2.15. The van der Waals surface area contributed by atoms with Crippen molar-refractivity contribution in [1.29, 1.82) is 0 Å². The largest absolute Gasteiger partial charge is 0.399 e. The molecule has 1 aliphatic rings. The first-order chi connectivity index (χ1) is 8.58. The Morgan fingerprint density at radius 1 is 1.56 bits per heavy atom. The molecule has 1 unspecified atom stereocenters. The van der Waals surface area contributed by atoms with E-state index in [1.54, 1.807) is 6.07 Å². The molecule has 0 aliphatic carbocycles. The number of likely N-dealkylation sites (tertiary alicyclic amines) is 1. The van der Waals surface area contributed by atoms with Crippen LogP contribution in [0.4, 0.5) is 5.69 Å². The summed E-state index contributed by atoms with van der Waals surface area (Å²) in [7, 11) is 2.11. The summed E-state index contributed by atoms with van der Waals surface area (Å²) in [6.07, 6.45) is 2.38. The standard InChI is InChI=1S/C14H21N3O/c1-10-5-6-11(15)8-13(10)14(18)16-9-12-4-3-7-17(12)2/h5-6,8,12H,3-4,7,9,15H2,1-2H3,(H,16,18). The van der Waals surface area contributed by atoms with Gasteiger partial charge in [0.25, 0.3) is 5.91 Å². The van der Waals surface area contributed by atoms with Crippen molar-refractivity contribution in [2.75, 3.05) is 25.9 Å². The number of benzene rings is 1. The Bertz CT molecular complexity index is 445. The molecule has 3 N–H and O–H groups in total. The van der Waals surface area contributed by atoms with Crippen molar-refractivity contribution in [3.63, 3.8) is 0 Å². The van der Waals surface area contributed by atoms with Gasteiger partial charge in [-0.2, -0.15) is 0 Å². The third kappa shape index (κ3) is 2.82. The van der Waals surface area contributed by atoms with Gasteiger partial charge in [0, 0.05) is 23.8 Å². The number of nitrogens with one attached hydrogen (secondary N) is 1. The van der Waals surface area contributed by atoms with Gasteiger partial charge in [-0.15, -0.1) is 0 Å². The highest BCUT2D eigenvalue weighted by atomic mass is 16.1. The zero-order valence-corrected chi connectivity index (χ0v) is 11.1. The van der Waals surface area contributed by atoms with E-state index in [1.807, 2.05) is 19.1 Å². The minimum atomic E-state index is -0.0277. The van der Waals surface area contributed by atoms with Crippen LogP contribution in [0.2, 0.25) is 0 Å². The number of likely N-dealkylation sites (N-methyl/N-ethyl adjacent to an activating group) is 1. The molecule has 1 atom stereocenters. The van der Waals surface area contributed by atoms with Crippen LogP contribution in [-0.2, 0) is 0 Å². The van der Waals surface area contributed by atoms with E-state index in [-0.39, 0.29) is 5.91 Å². The molecule has 1 aromatic rings. The monoisotopic (exact) mass is 247 g/mol. The first-order valence-electron chi connectivity index (χ1n) is 6.42. The third-order valence-electron chi connectivity index (χ3n) is 3.68. The van der Waals surface area contributed by atoms with Gasteiger partial charge in [-0.3, -0.25) is 4.79 Å². The van der Waals surface area contributed by atoms with E-state index in [2.05, 4.69) is 17.3 Å². The SMILES string of the molecule is Cc1ccc(N)cc1C(=O)NCC1CCCN1C. The Morgan fingerprint density at radius 3 is 3.00 bits per heavy atom. The predicted molar refractivity (Wildman–Crippen MR) is 73.6 cm³/mol. The van der Waals surface area contributed by atoms with E-state index < -0.39 is 0 Å². The summed E-state index contributed by atoms with van der Waals surface area (Å²) < 4.78 is 0. The summed E-state index contributed by atoms with van der Waals surface area (Å²) in [5.74, 6) is -0.0277. The van der Waals surface area contributed by atoms with Crippen LogP contribution in [0.3, 0.4) is 0 Å². The van der Waals surface area contributed by atoms with Gasteiger partial charge in [0.1, 0.15) is 0 Å². The zero-order chi connectivity index (χ0) is 13.1. The maximum absolute atomic E-state index is 12.1. The number of carbonyl (C=O) groups excluding carboxylic acids is 1. The van der Waals surface area contributed by atoms with Gasteiger partial charge in [0.15, 0.2) is 0 Å². The van der Waals surface area contributed by atoms with E-state index in [0.717, 1.165) is 18.5 Å². The molecule has 98 valence electrons. The van der Waals surface area contributed by atoms with Gasteiger partial charge in [0.2, 0.25) is 0 Å². The van der Waals surface area contributed by atoms with Crippen molar-refractivity contribution >= 4 is 11.6 Å². The van der Waals surface area contributed by atoms with Crippen LogP contribution < -0.4 is 11.1 Å². The average molecular weight is 247 g/mol. The average Bonchev–Trinajstić information content (AvgIpc) is 2.75. The Morgan fingerprint density at radius 2 is 2.33 bits per heavy atom. The normalized spacial score (nSPS) is 20.0. The van der Waals surface area contributed by atoms with E-state index >= 15 is 0 Å². The number of nitrogen functional groups attached to an aromatic ring is 1. The van der Waals surface area contributed by atoms with Crippen LogP contribution in [0, 0.1) is 6.92 Å². The maximum atomic E-state index is 12.1. The van der Waals surface area contributed by atoms with Crippen molar-refractivity contribution in [3.05, 3.63) is 29.3 Å². The molecule has 0 aromatic heterocycles. The summed E-state index contributed by atoms with van der Waals surface area (Å²) in [4.78, 5) is 14.4. The molecule has 1 aromatic carbocycles. The summed E-state index contributed by atoms with van der Waals surface area (Å²) in [6.45, 7) is 3.76. The van der Waals surface area contributed by atoms with Crippen LogP contribution in [0.5, 0.6) is 0 Å². The molecular weight excluding hydrogens is 226 g/mol. The Hall–Kier alpha value is -1.55. The van der Waals surface area contributed by atoms with E-state index in [0.29, 0.717) is 23.8 Å². The first kappa shape index (κ1) is 12.9. The highest BCUT2D eigenvalue weighted by Gasteiger charge is 2.21. The Labute approximate surface area is 108 Å². The fraction of sp³-hybridized carbons (Fsp3) is 0.500. The van der Waals surface area contributed by atoms with Crippen LogP contribution in [0.25, 0.3) is 0 Å². The molecule has 4 nitrogen and oxygen atoms in total. The van der Waals surface area contributed by atoms with Crippen molar-refractivity contribution in [2.45, 2.75) is 25.8 Å². The fourth-order valence-electron chi connectivity index (χ4n) is 2.43. The van der Waals surface area contributed by atoms with Crippen molar-refractivity contribution in [3.8, 4) is 0 Å². The number of hydrogen-bond acceptors (Lipinski definition) is 3. The molecule has 1 saturated heterocycles. The lowest BCUT2D eigenvalue weighted by atomic mass is 10.1. The highest BCUT2D eigenvalue weighted by molar-refractivity contribution is 5.96. The molecular formula is C14H21N3O. The van der Waals surface area contributed by atoms with Gasteiger partial charge in [-0.05, 0) is 51.1 Å². The van der Waals surface area contributed by atoms with Crippen molar-refractivity contribution in [1.82, 2.24) is 10.2 Å². The second-order valence-electron chi connectivity index (χ2n) is 5.06. The van der Waals surface area contributed by atoms with E-state index in [9.17, 15) is 4.79 Å². The molecule has 18 heavy (non-hydrogen) atoms. The minimum Gasteiger partial charge on any atom is -0.399 e. The molecule has 1 aliphatic heterocycles. The van der Waals surface area contributed by atoms with Gasteiger partial charge < -0.3 is 16.0 Å². The Kier molecular flexibility index (Phi) is 3.87. The van der Waals surface area contributed by atoms with Gasteiger partial charge in [-0.25, -0.2) is 0 Å². The van der Waals surface area contributed by atoms with Crippen LogP contribution in [0.15, 0.2) is 18.2 Å². The smallest absolute Gasteiger partial charge is 0.251 e. The molecule has 0 spiro atoms. The second-order valence-corrected chi connectivity index (χ2v) is 5.06. The third-order valence-corrected chi connectivity index (χ3v) is 3.68. The summed E-state index contributed by atoms with van der Waals surface area (Å²) in [6, 6.07) is 5.90. The molecule has 1 fully saturated rings. The first-order valence-corrected chi connectivity index (χ1v) is 6.42. The Balaban J connectivity index is 1.97. The van der Waals surface area contributed by atoms with Crippen LogP contribution in [0.1, 0.15) is 28.8 Å². The molecule has 0 bridgehead atoms.